The van der Waals surface area contributed by atoms with E-state index in [1.807, 2.05) is 0 Å². The fraction of sp³-hybridized carbons (Fsp3) is 0.400. The van der Waals surface area contributed by atoms with Crippen molar-refractivity contribution in [3.63, 3.8) is 0 Å². The van der Waals surface area contributed by atoms with Crippen molar-refractivity contribution in [2.45, 2.75) is 19.8 Å². The number of carbonyl (C=O) groups excluding carboxylic acids is 2. The summed E-state index contributed by atoms with van der Waals surface area (Å²) in [7, 11) is 0. The first kappa shape index (κ1) is 15.0. The van der Waals surface area contributed by atoms with E-state index in [4.69, 9.17) is 5.11 Å². The third-order valence-electron chi connectivity index (χ3n) is 3.51. The first-order valence-corrected chi connectivity index (χ1v) is 6.87. The molecule has 1 fully saturated rings. The highest BCUT2D eigenvalue weighted by Gasteiger charge is 2.28. The number of hydrogen-bond donors (Lipinski definition) is 2. The second kappa shape index (κ2) is 6.39. The highest BCUT2D eigenvalue weighted by atomic mass is 16.4. The highest BCUT2D eigenvalue weighted by Crippen LogP contribution is 2.19. The standard InChI is InChI=1S/C15H18N2O4/c1-10(18)16-13-6-4-11(5-7-13)14(19)17-8-2-3-12(9-17)15(20)21/h4-7,12H,2-3,8-9H2,1H3,(H,16,18)(H,20,21)/t12-/m0/s1. The van der Waals surface area contributed by atoms with Crippen LogP contribution < -0.4 is 5.32 Å². The first-order chi connectivity index (χ1) is 9.97. The summed E-state index contributed by atoms with van der Waals surface area (Å²) in [6, 6.07) is 6.59. The molecule has 0 radical (unpaired) electrons. The molecule has 1 aromatic rings. The second-order valence-electron chi connectivity index (χ2n) is 5.19. The molecular formula is C15H18N2O4. The van der Waals surface area contributed by atoms with Gasteiger partial charge in [0.25, 0.3) is 5.91 Å². The number of carbonyl (C=O) groups is 3. The van der Waals surface area contributed by atoms with Gasteiger partial charge in [-0.25, -0.2) is 0 Å². The Hall–Kier alpha value is -2.37. The molecule has 0 aromatic heterocycles. The molecule has 1 saturated heterocycles. The van der Waals surface area contributed by atoms with E-state index in [0.29, 0.717) is 30.6 Å². The lowest BCUT2D eigenvalue weighted by Crippen LogP contribution is -2.42. The van der Waals surface area contributed by atoms with Gasteiger partial charge in [-0.2, -0.15) is 0 Å². The molecule has 1 heterocycles. The summed E-state index contributed by atoms with van der Waals surface area (Å²) in [6.07, 6.45) is 1.31. The number of nitrogens with one attached hydrogen (secondary N) is 1. The lowest BCUT2D eigenvalue weighted by Gasteiger charge is -2.30. The third kappa shape index (κ3) is 3.81. The summed E-state index contributed by atoms with van der Waals surface area (Å²) >= 11 is 0. The van der Waals surface area contributed by atoms with Gasteiger partial charge in [0.05, 0.1) is 5.92 Å². The number of nitrogens with zero attached hydrogens (tertiary/aromatic N) is 1. The van der Waals surface area contributed by atoms with Crippen LogP contribution in [-0.4, -0.2) is 40.9 Å². The fourth-order valence-electron chi connectivity index (χ4n) is 2.45. The van der Waals surface area contributed by atoms with Crippen LogP contribution in [0.3, 0.4) is 0 Å². The van der Waals surface area contributed by atoms with Crippen molar-refractivity contribution in [2.24, 2.45) is 5.92 Å². The smallest absolute Gasteiger partial charge is 0.308 e. The van der Waals surface area contributed by atoms with Gasteiger partial charge in [0.2, 0.25) is 5.91 Å². The Morgan fingerprint density at radius 1 is 1.24 bits per heavy atom. The molecule has 2 amide bonds. The van der Waals surface area contributed by atoms with Crippen LogP contribution in [0.4, 0.5) is 5.69 Å². The number of carboxylic acids is 1. The average molecular weight is 290 g/mol. The molecule has 1 aliphatic rings. The maximum atomic E-state index is 12.3. The van der Waals surface area contributed by atoms with Crippen LogP contribution in [0.15, 0.2) is 24.3 Å². The van der Waals surface area contributed by atoms with Crippen molar-refractivity contribution < 1.29 is 19.5 Å². The number of anilines is 1. The number of amides is 2. The van der Waals surface area contributed by atoms with Gasteiger partial charge in [-0.05, 0) is 37.1 Å². The molecule has 1 atom stereocenters. The monoisotopic (exact) mass is 290 g/mol. The van der Waals surface area contributed by atoms with E-state index in [1.54, 1.807) is 29.2 Å². The average Bonchev–Trinajstić information content (AvgIpc) is 2.47. The van der Waals surface area contributed by atoms with Crippen LogP contribution in [0.5, 0.6) is 0 Å². The van der Waals surface area contributed by atoms with Gasteiger partial charge in [-0.3, -0.25) is 14.4 Å². The predicted molar refractivity (Wildman–Crippen MR) is 77.0 cm³/mol. The Balaban J connectivity index is 2.05. The van der Waals surface area contributed by atoms with Crippen molar-refractivity contribution in [3.05, 3.63) is 29.8 Å². The molecule has 1 aromatic carbocycles. The largest absolute Gasteiger partial charge is 0.481 e. The molecule has 1 aliphatic heterocycles. The molecule has 0 bridgehead atoms. The van der Waals surface area contributed by atoms with Crippen LogP contribution in [0, 0.1) is 5.92 Å². The zero-order valence-electron chi connectivity index (χ0n) is 11.8. The quantitative estimate of drug-likeness (QED) is 0.885. The van der Waals surface area contributed by atoms with Gasteiger partial charge in [-0.1, -0.05) is 0 Å². The van der Waals surface area contributed by atoms with E-state index in [-0.39, 0.29) is 18.4 Å². The van der Waals surface area contributed by atoms with Gasteiger partial charge in [0, 0.05) is 31.3 Å². The minimum Gasteiger partial charge on any atom is -0.481 e. The molecule has 6 heteroatoms. The summed E-state index contributed by atoms with van der Waals surface area (Å²) in [5.41, 5.74) is 1.12. The van der Waals surface area contributed by atoms with Crippen molar-refractivity contribution in [2.75, 3.05) is 18.4 Å². The predicted octanol–water partition coefficient (Wildman–Crippen LogP) is 1.58. The number of rotatable bonds is 3. The molecule has 21 heavy (non-hydrogen) atoms. The molecule has 6 nitrogen and oxygen atoms in total. The summed E-state index contributed by atoms with van der Waals surface area (Å²) in [4.78, 5) is 35.9. The summed E-state index contributed by atoms with van der Waals surface area (Å²) in [5, 5.41) is 11.7. The van der Waals surface area contributed by atoms with E-state index in [2.05, 4.69) is 5.32 Å². The van der Waals surface area contributed by atoms with Crippen LogP contribution in [0.1, 0.15) is 30.1 Å². The van der Waals surface area contributed by atoms with Gasteiger partial charge < -0.3 is 15.3 Å². The number of piperidine rings is 1. The number of aliphatic carboxylic acids is 1. The maximum absolute atomic E-state index is 12.3. The van der Waals surface area contributed by atoms with E-state index in [0.717, 1.165) is 0 Å². The van der Waals surface area contributed by atoms with Crippen molar-refractivity contribution in [1.82, 2.24) is 4.90 Å². The minimum absolute atomic E-state index is 0.171. The Labute approximate surface area is 122 Å². The Morgan fingerprint density at radius 2 is 1.90 bits per heavy atom. The minimum atomic E-state index is -0.853. The van der Waals surface area contributed by atoms with E-state index >= 15 is 0 Å². The molecule has 112 valence electrons. The van der Waals surface area contributed by atoms with Crippen LogP contribution in [0.25, 0.3) is 0 Å². The van der Waals surface area contributed by atoms with Crippen molar-refractivity contribution >= 4 is 23.5 Å². The molecule has 0 aliphatic carbocycles. The van der Waals surface area contributed by atoms with E-state index < -0.39 is 11.9 Å². The Morgan fingerprint density at radius 3 is 2.48 bits per heavy atom. The Kier molecular flexibility index (Phi) is 4.57. The molecule has 2 rings (SSSR count). The SMILES string of the molecule is CC(=O)Nc1ccc(C(=O)N2CCC[C@H](C(=O)O)C2)cc1. The highest BCUT2D eigenvalue weighted by molar-refractivity contribution is 5.95. The molecule has 0 spiro atoms. The van der Waals surface area contributed by atoms with Crippen LogP contribution in [0.2, 0.25) is 0 Å². The normalized spacial score (nSPS) is 18.1. The third-order valence-corrected chi connectivity index (χ3v) is 3.51. The van der Waals surface area contributed by atoms with Crippen molar-refractivity contribution in [1.29, 1.82) is 0 Å². The molecule has 2 N–H and O–H groups in total. The zero-order chi connectivity index (χ0) is 15.4. The van der Waals surface area contributed by atoms with Gasteiger partial charge in [-0.15, -0.1) is 0 Å². The fourth-order valence-corrected chi connectivity index (χ4v) is 2.45. The van der Waals surface area contributed by atoms with E-state index in [9.17, 15) is 14.4 Å². The lowest BCUT2D eigenvalue weighted by atomic mass is 9.97. The Bertz CT molecular complexity index is 553. The van der Waals surface area contributed by atoms with Crippen LogP contribution in [-0.2, 0) is 9.59 Å². The number of hydrogen-bond acceptors (Lipinski definition) is 3. The molecular weight excluding hydrogens is 272 g/mol. The second-order valence-corrected chi connectivity index (χ2v) is 5.19. The van der Waals surface area contributed by atoms with Gasteiger partial charge in [0.15, 0.2) is 0 Å². The van der Waals surface area contributed by atoms with Gasteiger partial charge >= 0.3 is 5.97 Å². The number of carboxylic acid groups (broad SMARTS) is 1. The van der Waals surface area contributed by atoms with Crippen molar-refractivity contribution in [3.8, 4) is 0 Å². The topological polar surface area (TPSA) is 86.7 Å². The summed E-state index contributed by atoms with van der Waals surface area (Å²) in [5.74, 6) is -1.68. The lowest BCUT2D eigenvalue weighted by molar-refractivity contribution is -0.143. The zero-order valence-corrected chi connectivity index (χ0v) is 11.8. The number of benzene rings is 1. The maximum Gasteiger partial charge on any atom is 0.308 e. The summed E-state index contributed by atoms with van der Waals surface area (Å²) < 4.78 is 0. The summed E-state index contributed by atoms with van der Waals surface area (Å²) in [6.45, 7) is 2.25. The van der Waals surface area contributed by atoms with Crippen LogP contribution >= 0.6 is 0 Å². The van der Waals surface area contributed by atoms with E-state index in [1.165, 1.54) is 6.92 Å². The molecule has 0 unspecified atom stereocenters. The van der Waals surface area contributed by atoms with Gasteiger partial charge in [0.1, 0.15) is 0 Å². The molecule has 0 saturated carbocycles. The number of likely N-dealkylation sites (tertiary alicyclic amines) is 1. The first-order valence-electron chi connectivity index (χ1n) is 6.87.